The molecule has 23 heavy (non-hydrogen) atoms. The third-order valence-electron chi connectivity index (χ3n) is 5.23. The summed E-state index contributed by atoms with van der Waals surface area (Å²) in [7, 11) is 3.44. The van der Waals surface area contributed by atoms with Gasteiger partial charge in [-0.15, -0.1) is 0 Å². The van der Waals surface area contributed by atoms with Gasteiger partial charge in [-0.2, -0.15) is 5.10 Å². The van der Waals surface area contributed by atoms with Crippen LogP contribution in [0.3, 0.4) is 0 Å². The van der Waals surface area contributed by atoms with Crippen molar-refractivity contribution in [1.82, 2.24) is 19.7 Å². The van der Waals surface area contributed by atoms with Crippen molar-refractivity contribution in [1.29, 1.82) is 0 Å². The molecular formula is C17H26N4O2. The van der Waals surface area contributed by atoms with Crippen LogP contribution in [0.4, 0.5) is 0 Å². The second-order valence-corrected chi connectivity index (χ2v) is 6.90. The Balaban J connectivity index is 1.67. The molecule has 2 aliphatic rings. The van der Waals surface area contributed by atoms with Gasteiger partial charge in [0.05, 0.1) is 0 Å². The van der Waals surface area contributed by atoms with Gasteiger partial charge >= 0.3 is 5.69 Å². The van der Waals surface area contributed by atoms with Crippen molar-refractivity contribution in [3.05, 3.63) is 28.0 Å². The molecule has 2 aliphatic carbocycles. The SMILES string of the molecule is Cn1nc(C[C@H]2CCCC[C@H]2NC(=O)C=C2CCC2)n(C)c1=O. The van der Waals surface area contributed by atoms with E-state index in [1.807, 2.05) is 0 Å². The van der Waals surface area contributed by atoms with Gasteiger partial charge in [0.2, 0.25) is 5.91 Å². The molecule has 0 radical (unpaired) electrons. The predicted octanol–water partition coefficient (Wildman–Crippen LogP) is 1.45. The second kappa shape index (κ2) is 6.72. The third-order valence-corrected chi connectivity index (χ3v) is 5.23. The molecule has 0 aromatic carbocycles. The molecule has 0 unspecified atom stereocenters. The zero-order valence-electron chi connectivity index (χ0n) is 14.0. The summed E-state index contributed by atoms with van der Waals surface area (Å²) in [6.07, 6.45) is 10.3. The lowest BCUT2D eigenvalue weighted by Crippen LogP contribution is -2.42. The highest BCUT2D eigenvalue weighted by Crippen LogP contribution is 2.28. The molecule has 0 bridgehead atoms. The predicted molar refractivity (Wildman–Crippen MR) is 88.0 cm³/mol. The lowest BCUT2D eigenvalue weighted by atomic mass is 9.82. The fourth-order valence-electron chi connectivity index (χ4n) is 3.60. The third kappa shape index (κ3) is 3.57. The van der Waals surface area contributed by atoms with E-state index in [9.17, 15) is 9.59 Å². The van der Waals surface area contributed by atoms with Crippen molar-refractivity contribution in [3.63, 3.8) is 0 Å². The minimum absolute atomic E-state index is 0.0477. The van der Waals surface area contributed by atoms with Crippen LogP contribution in [-0.2, 0) is 25.3 Å². The van der Waals surface area contributed by atoms with Crippen LogP contribution in [0.5, 0.6) is 0 Å². The fraction of sp³-hybridized carbons (Fsp3) is 0.706. The number of carbonyl (C=O) groups excluding carboxylic acids is 1. The van der Waals surface area contributed by atoms with E-state index in [-0.39, 0.29) is 17.6 Å². The van der Waals surface area contributed by atoms with Crippen LogP contribution >= 0.6 is 0 Å². The summed E-state index contributed by atoms with van der Waals surface area (Å²) in [5.74, 6) is 1.21. The van der Waals surface area contributed by atoms with Crippen molar-refractivity contribution < 1.29 is 4.79 Å². The smallest absolute Gasteiger partial charge is 0.345 e. The highest BCUT2D eigenvalue weighted by molar-refractivity contribution is 5.88. The Bertz CT molecular complexity index is 665. The van der Waals surface area contributed by atoms with E-state index >= 15 is 0 Å². The van der Waals surface area contributed by atoms with Crippen LogP contribution in [0.15, 0.2) is 16.4 Å². The second-order valence-electron chi connectivity index (χ2n) is 6.90. The van der Waals surface area contributed by atoms with E-state index in [1.54, 1.807) is 24.7 Å². The fourth-order valence-corrected chi connectivity index (χ4v) is 3.60. The number of carbonyl (C=O) groups is 1. The summed E-state index contributed by atoms with van der Waals surface area (Å²) in [5, 5.41) is 7.52. The van der Waals surface area contributed by atoms with E-state index in [4.69, 9.17) is 0 Å². The Morgan fingerprint density at radius 2 is 2.00 bits per heavy atom. The molecule has 2 atom stereocenters. The summed E-state index contributed by atoms with van der Waals surface area (Å²) >= 11 is 0. The normalized spacial score (nSPS) is 24.2. The van der Waals surface area contributed by atoms with Gasteiger partial charge in [-0.05, 0) is 38.0 Å². The Labute approximate surface area is 136 Å². The zero-order valence-corrected chi connectivity index (χ0v) is 14.0. The molecule has 1 heterocycles. The molecule has 6 heteroatoms. The number of nitrogens with zero attached hydrogens (tertiary/aromatic N) is 3. The maximum Gasteiger partial charge on any atom is 0.345 e. The Kier molecular flexibility index (Phi) is 4.68. The van der Waals surface area contributed by atoms with Crippen molar-refractivity contribution >= 4 is 5.91 Å². The van der Waals surface area contributed by atoms with Crippen LogP contribution < -0.4 is 11.0 Å². The summed E-state index contributed by atoms with van der Waals surface area (Å²) in [6, 6.07) is 0.185. The number of aromatic nitrogens is 3. The summed E-state index contributed by atoms with van der Waals surface area (Å²) in [6.45, 7) is 0. The lowest BCUT2D eigenvalue weighted by molar-refractivity contribution is -0.117. The van der Waals surface area contributed by atoms with Gasteiger partial charge < -0.3 is 5.32 Å². The quantitative estimate of drug-likeness (QED) is 0.854. The van der Waals surface area contributed by atoms with Crippen molar-refractivity contribution in [3.8, 4) is 0 Å². The number of amides is 1. The Morgan fingerprint density at radius 1 is 1.26 bits per heavy atom. The largest absolute Gasteiger partial charge is 0.350 e. The van der Waals surface area contributed by atoms with E-state index in [0.717, 1.165) is 44.3 Å². The number of hydrogen-bond acceptors (Lipinski definition) is 3. The standard InChI is InChI=1S/C17H26N4O2/c1-20-15(19-21(2)17(20)23)11-13-8-3-4-9-14(13)18-16(22)10-12-6-5-7-12/h10,13-14H,3-9,11H2,1-2H3,(H,18,22)/t13-,14-/m1/s1. The minimum atomic E-state index is -0.0916. The van der Waals surface area contributed by atoms with E-state index in [0.29, 0.717) is 5.92 Å². The number of nitrogens with one attached hydrogen (secondary N) is 1. The topological polar surface area (TPSA) is 68.9 Å². The van der Waals surface area contributed by atoms with Crippen molar-refractivity contribution in [2.75, 3.05) is 0 Å². The van der Waals surface area contributed by atoms with Gasteiger partial charge in [0, 0.05) is 32.6 Å². The Hall–Kier alpha value is -1.85. The molecule has 6 nitrogen and oxygen atoms in total. The first kappa shape index (κ1) is 16.0. The van der Waals surface area contributed by atoms with Crippen molar-refractivity contribution in [2.24, 2.45) is 20.0 Å². The first-order valence-corrected chi connectivity index (χ1v) is 8.63. The van der Waals surface area contributed by atoms with Crippen LogP contribution in [0.2, 0.25) is 0 Å². The number of allylic oxidation sites excluding steroid dienone is 1. The summed E-state index contributed by atoms with van der Waals surface area (Å²) in [5.41, 5.74) is 1.17. The average Bonchev–Trinajstić information content (AvgIpc) is 2.72. The van der Waals surface area contributed by atoms with Crippen LogP contribution in [0.25, 0.3) is 0 Å². The molecule has 1 amide bonds. The van der Waals surface area contributed by atoms with Gasteiger partial charge in [0.25, 0.3) is 0 Å². The van der Waals surface area contributed by atoms with Crippen LogP contribution in [0, 0.1) is 5.92 Å². The van der Waals surface area contributed by atoms with Gasteiger partial charge in [0.1, 0.15) is 5.82 Å². The average molecular weight is 318 g/mol. The number of hydrogen-bond donors (Lipinski definition) is 1. The van der Waals surface area contributed by atoms with Gasteiger partial charge in [-0.1, -0.05) is 18.4 Å². The summed E-state index contributed by atoms with van der Waals surface area (Å²) in [4.78, 5) is 24.0. The van der Waals surface area contributed by atoms with Crippen LogP contribution in [-0.4, -0.2) is 26.3 Å². The van der Waals surface area contributed by atoms with E-state index in [1.165, 1.54) is 23.1 Å². The number of rotatable bonds is 4. The molecule has 1 aromatic rings. The maximum atomic E-state index is 12.2. The van der Waals surface area contributed by atoms with Crippen LogP contribution in [0.1, 0.15) is 50.8 Å². The molecule has 2 saturated carbocycles. The number of aryl methyl sites for hydroxylation is 1. The molecule has 0 spiro atoms. The van der Waals surface area contributed by atoms with Crippen molar-refractivity contribution in [2.45, 2.75) is 57.4 Å². The maximum absolute atomic E-state index is 12.2. The molecule has 1 aromatic heterocycles. The Morgan fingerprint density at radius 3 is 2.61 bits per heavy atom. The molecule has 0 aliphatic heterocycles. The van der Waals surface area contributed by atoms with Gasteiger partial charge in [-0.3, -0.25) is 9.36 Å². The molecule has 3 rings (SSSR count). The molecular weight excluding hydrogens is 292 g/mol. The molecule has 126 valence electrons. The van der Waals surface area contributed by atoms with Gasteiger partial charge in [0.15, 0.2) is 0 Å². The monoisotopic (exact) mass is 318 g/mol. The highest BCUT2D eigenvalue weighted by Gasteiger charge is 2.28. The highest BCUT2D eigenvalue weighted by atomic mass is 16.2. The minimum Gasteiger partial charge on any atom is -0.350 e. The van der Waals surface area contributed by atoms with E-state index in [2.05, 4.69) is 10.4 Å². The molecule has 0 saturated heterocycles. The summed E-state index contributed by atoms with van der Waals surface area (Å²) < 4.78 is 3.00. The molecule has 1 N–H and O–H groups in total. The lowest BCUT2D eigenvalue weighted by Gasteiger charge is -2.32. The van der Waals surface area contributed by atoms with E-state index < -0.39 is 0 Å². The first-order valence-electron chi connectivity index (χ1n) is 8.63. The zero-order chi connectivity index (χ0) is 16.4. The first-order chi connectivity index (χ1) is 11.0. The van der Waals surface area contributed by atoms with Gasteiger partial charge in [-0.25, -0.2) is 9.48 Å². The molecule has 2 fully saturated rings.